The van der Waals surface area contributed by atoms with E-state index < -0.39 is 40.9 Å². The summed E-state index contributed by atoms with van der Waals surface area (Å²) in [7, 11) is 0. The molecular formula is C11H8F6O2. The van der Waals surface area contributed by atoms with Crippen LogP contribution in [0, 0.1) is 0 Å². The summed E-state index contributed by atoms with van der Waals surface area (Å²) in [6, 6.07) is 0.778. The number of hydrogen-bond acceptors (Lipinski definition) is 1. The summed E-state index contributed by atoms with van der Waals surface area (Å²) in [5.41, 5.74) is -3.59. The van der Waals surface area contributed by atoms with Gasteiger partial charge in [-0.25, -0.2) is 0 Å². The van der Waals surface area contributed by atoms with Crippen LogP contribution in [-0.2, 0) is 17.1 Å². The highest BCUT2D eigenvalue weighted by atomic mass is 19.4. The van der Waals surface area contributed by atoms with Crippen molar-refractivity contribution in [3.63, 3.8) is 0 Å². The number of aliphatic carboxylic acids is 1. The van der Waals surface area contributed by atoms with Gasteiger partial charge in [0.1, 0.15) is 0 Å². The third-order valence-electron chi connectivity index (χ3n) is 2.48. The van der Waals surface area contributed by atoms with Crippen molar-refractivity contribution in [3.8, 4) is 0 Å². The van der Waals surface area contributed by atoms with Crippen LogP contribution in [0.4, 0.5) is 26.3 Å². The molecule has 106 valence electrons. The Labute approximate surface area is 103 Å². The largest absolute Gasteiger partial charge is 0.481 e. The Morgan fingerprint density at radius 1 is 1.00 bits per heavy atom. The molecule has 0 bridgehead atoms. The zero-order chi connectivity index (χ0) is 15.0. The smallest absolute Gasteiger partial charge is 0.416 e. The molecule has 0 radical (unpaired) electrons. The Kier molecular flexibility index (Phi) is 3.83. The van der Waals surface area contributed by atoms with Gasteiger partial charge in [-0.15, -0.1) is 0 Å². The molecule has 0 amide bonds. The van der Waals surface area contributed by atoms with E-state index in [2.05, 4.69) is 0 Å². The molecule has 0 aliphatic rings. The van der Waals surface area contributed by atoms with Crippen LogP contribution in [-0.4, -0.2) is 11.1 Å². The summed E-state index contributed by atoms with van der Waals surface area (Å²) < 4.78 is 74.9. The van der Waals surface area contributed by atoms with Gasteiger partial charge in [-0.2, -0.15) is 26.3 Å². The minimum Gasteiger partial charge on any atom is -0.481 e. The lowest BCUT2D eigenvalue weighted by molar-refractivity contribution is -0.144. The predicted molar refractivity (Wildman–Crippen MR) is 52.5 cm³/mol. The summed E-state index contributed by atoms with van der Waals surface area (Å²) >= 11 is 0. The number of benzene rings is 1. The average Bonchev–Trinajstić information content (AvgIpc) is 2.24. The first-order valence-corrected chi connectivity index (χ1v) is 4.95. The number of alkyl halides is 6. The molecular weight excluding hydrogens is 278 g/mol. The zero-order valence-electron chi connectivity index (χ0n) is 9.43. The topological polar surface area (TPSA) is 37.3 Å². The Bertz CT molecular complexity index is 457. The van der Waals surface area contributed by atoms with Crippen molar-refractivity contribution in [3.05, 3.63) is 34.9 Å². The number of carboxylic acid groups (broad SMARTS) is 1. The Hall–Kier alpha value is -1.73. The standard InChI is InChI=1S/C11H8F6O2/c1-5(9(18)19)6-2-7(10(12,13)14)4-8(3-6)11(15,16)17/h2-5H,1H3,(H,18,19)/t5-/m1/s1. The van der Waals surface area contributed by atoms with E-state index in [-0.39, 0.29) is 6.07 Å². The van der Waals surface area contributed by atoms with Crippen LogP contribution in [0.5, 0.6) is 0 Å². The summed E-state index contributed by atoms with van der Waals surface area (Å²) in [6.45, 7) is 1.01. The van der Waals surface area contributed by atoms with Crippen molar-refractivity contribution in [2.45, 2.75) is 25.2 Å². The summed E-state index contributed by atoms with van der Waals surface area (Å²) in [6.07, 6.45) is -9.96. The van der Waals surface area contributed by atoms with Gasteiger partial charge in [-0.1, -0.05) is 0 Å². The molecule has 1 rings (SSSR count). The van der Waals surface area contributed by atoms with Crippen molar-refractivity contribution in [1.29, 1.82) is 0 Å². The number of carboxylic acids is 1. The monoisotopic (exact) mass is 286 g/mol. The second-order valence-corrected chi connectivity index (χ2v) is 3.90. The first-order chi connectivity index (χ1) is 8.43. The zero-order valence-corrected chi connectivity index (χ0v) is 9.43. The molecule has 0 aliphatic heterocycles. The summed E-state index contributed by atoms with van der Waals surface area (Å²) in [5, 5.41) is 8.66. The quantitative estimate of drug-likeness (QED) is 0.837. The van der Waals surface area contributed by atoms with Gasteiger partial charge in [0.05, 0.1) is 17.0 Å². The molecule has 19 heavy (non-hydrogen) atoms. The first-order valence-electron chi connectivity index (χ1n) is 4.95. The minimum absolute atomic E-state index is 0.0436. The molecule has 1 N–H and O–H groups in total. The van der Waals surface area contributed by atoms with Gasteiger partial charge in [0, 0.05) is 0 Å². The van der Waals surface area contributed by atoms with Crippen LogP contribution in [0.15, 0.2) is 18.2 Å². The van der Waals surface area contributed by atoms with E-state index in [1.54, 1.807) is 0 Å². The Morgan fingerprint density at radius 3 is 1.63 bits per heavy atom. The third kappa shape index (κ3) is 3.62. The van der Waals surface area contributed by atoms with Crippen LogP contribution in [0.2, 0.25) is 0 Å². The molecule has 0 heterocycles. The van der Waals surface area contributed by atoms with E-state index in [0.717, 1.165) is 6.92 Å². The number of carbonyl (C=O) groups is 1. The average molecular weight is 286 g/mol. The third-order valence-corrected chi connectivity index (χ3v) is 2.48. The normalized spacial score (nSPS) is 14.3. The molecule has 0 fully saturated rings. The molecule has 2 nitrogen and oxygen atoms in total. The van der Waals surface area contributed by atoms with Crippen LogP contribution in [0.25, 0.3) is 0 Å². The maximum absolute atomic E-state index is 12.5. The SMILES string of the molecule is C[C@@H](C(=O)O)c1cc(C(F)(F)F)cc(C(F)(F)F)c1. The summed E-state index contributed by atoms with van der Waals surface area (Å²) in [5.74, 6) is -2.98. The Balaban J connectivity index is 3.45. The molecule has 0 spiro atoms. The molecule has 1 atom stereocenters. The Morgan fingerprint density at radius 2 is 1.37 bits per heavy atom. The molecule has 1 aromatic rings. The van der Waals surface area contributed by atoms with E-state index >= 15 is 0 Å². The fourth-order valence-electron chi connectivity index (χ4n) is 1.37. The van der Waals surface area contributed by atoms with E-state index in [1.807, 2.05) is 0 Å². The highest BCUT2D eigenvalue weighted by Crippen LogP contribution is 2.37. The van der Waals surface area contributed by atoms with Gasteiger partial charge in [-0.3, -0.25) is 4.79 Å². The summed E-state index contributed by atoms with van der Waals surface area (Å²) in [4.78, 5) is 10.7. The van der Waals surface area contributed by atoms with Gasteiger partial charge >= 0.3 is 18.3 Å². The van der Waals surface area contributed by atoms with Crippen molar-refractivity contribution in [1.82, 2.24) is 0 Å². The van der Waals surface area contributed by atoms with E-state index in [9.17, 15) is 31.1 Å². The lowest BCUT2D eigenvalue weighted by atomic mass is 9.96. The number of hydrogen-bond donors (Lipinski definition) is 1. The van der Waals surface area contributed by atoms with Crippen molar-refractivity contribution >= 4 is 5.97 Å². The highest BCUT2D eigenvalue weighted by molar-refractivity contribution is 5.75. The number of rotatable bonds is 2. The predicted octanol–water partition coefficient (Wildman–Crippen LogP) is 3.91. The van der Waals surface area contributed by atoms with Crippen molar-refractivity contribution in [2.75, 3.05) is 0 Å². The lowest BCUT2D eigenvalue weighted by Crippen LogP contribution is -2.15. The highest BCUT2D eigenvalue weighted by Gasteiger charge is 2.37. The molecule has 0 saturated carbocycles. The molecule has 0 aromatic heterocycles. The molecule has 0 unspecified atom stereocenters. The maximum Gasteiger partial charge on any atom is 0.416 e. The second-order valence-electron chi connectivity index (χ2n) is 3.90. The van der Waals surface area contributed by atoms with Gasteiger partial charge in [-0.05, 0) is 30.7 Å². The van der Waals surface area contributed by atoms with Gasteiger partial charge in [0.2, 0.25) is 0 Å². The lowest BCUT2D eigenvalue weighted by Gasteiger charge is -2.15. The van der Waals surface area contributed by atoms with Crippen LogP contribution >= 0.6 is 0 Å². The van der Waals surface area contributed by atoms with Crippen molar-refractivity contribution < 1.29 is 36.2 Å². The molecule has 0 saturated heterocycles. The fourth-order valence-corrected chi connectivity index (χ4v) is 1.37. The van der Waals surface area contributed by atoms with Gasteiger partial charge in [0.15, 0.2) is 0 Å². The van der Waals surface area contributed by atoms with Crippen LogP contribution in [0.3, 0.4) is 0 Å². The van der Waals surface area contributed by atoms with Crippen LogP contribution < -0.4 is 0 Å². The first kappa shape index (κ1) is 15.3. The van der Waals surface area contributed by atoms with E-state index in [4.69, 9.17) is 5.11 Å². The fraction of sp³-hybridized carbons (Fsp3) is 0.364. The van der Waals surface area contributed by atoms with Crippen molar-refractivity contribution in [2.24, 2.45) is 0 Å². The van der Waals surface area contributed by atoms with E-state index in [0.29, 0.717) is 12.1 Å². The molecule has 8 heteroatoms. The number of halogens is 6. The van der Waals surface area contributed by atoms with Crippen LogP contribution in [0.1, 0.15) is 29.5 Å². The van der Waals surface area contributed by atoms with Gasteiger partial charge in [0.25, 0.3) is 0 Å². The molecule has 0 aliphatic carbocycles. The second kappa shape index (κ2) is 4.75. The minimum atomic E-state index is -4.98. The maximum atomic E-state index is 12.5. The van der Waals surface area contributed by atoms with E-state index in [1.165, 1.54) is 0 Å². The van der Waals surface area contributed by atoms with Gasteiger partial charge < -0.3 is 5.11 Å². The molecule has 1 aromatic carbocycles.